The van der Waals surface area contributed by atoms with Crippen LogP contribution in [0.15, 0.2) is 12.1 Å². The number of methoxy groups -OCH3 is 2. The molecule has 1 aromatic rings. The number of carbonyl (C=O) groups is 2. The van der Waals surface area contributed by atoms with Crippen LogP contribution in [0, 0.1) is 0 Å². The number of carboxylic acid groups (broad SMARTS) is 1. The van der Waals surface area contributed by atoms with Gasteiger partial charge in [0.2, 0.25) is 5.75 Å². The van der Waals surface area contributed by atoms with Crippen LogP contribution in [-0.4, -0.2) is 44.4 Å². The van der Waals surface area contributed by atoms with Crippen molar-refractivity contribution >= 4 is 11.9 Å². The van der Waals surface area contributed by atoms with Crippen LogP contribution in [0.4, 0.5) is 0 Å². The molecule has 0 aliphatic rings. The molecule has 0 bridgehead atoms. The lowest BCUT2D eigenvalue weighted by Gasteiger charge is -2.15. The second-order valence-electron chi connectivity index (χ2n) is 5.10. The summed E-state index contributed by atoms with van der Waals surface area (Å²) in [6.07, 6.45) is 2.24. The summed E-state index contributed by atoms with van der Waals surface area (Å²) in [5.74, 6) is 0.291. The van der Waals surface area contributed by atoms with Crippen LogP contribution in [0.3, 0.4) is 0 Å². The average Bonchev–Trinajstić information content (AvgIpc) is 2.57. The van der Waals surface area contributed by atoms with E-state index in [1.54, 1.807) is 12.1 Å². The summed E-state index contributed by atoms with van der Waals surface area (Å²) in [7, 11) is 3.00. The molecule has 0 fully saturated rings. The van der Waals surface area contributed by atoms with E-state index in [9.17, 15) is 9.59 Å². The maximum absolute atomic E-state index is 12.2. The minimum atomic E-state index is -0.799. The van der Waals surface area contributed by atoms with Crippen molar-refractivity contribution in [2.75, 3.05) is 27.4 Å². The maximum atomic E-state index is 12.2. The van der Waals surface area contributed by atoms with Crippen molar-refractivity contribution < 1.29 is 28.9 Å². The second-order valence-corrected chi connectivity index (χ2v) is 5.10. The molecule has 0 aromatic heterocycles. The lowest BCUT2D eigenvalue weighted by molar-refractivity contribution is -0.137. The first-order chi connectivity index (χ1) is 11.5. The van der Waals surface area contributed by atoms with Crippen LogP contribution < -0.4 is 19.5 Å². The Bertz CT molecular complexity index is 533. The molecule has 24 heavy (non-hydrogen) atoms. The highest BCUT2D eigenvalue weighted by Crippen LogP contribution is 2.38. The highest BCUT2D eigenvalue weighted by molar-refractivity contribution is 5.95. The van der Waals surface area contributed by atoms with Crippen molar-refractivity contribution in [3.8, 4) is 17.2 Å². The zero-order valence-electron chi connectivity index (χ0n) is 14.4. The Hall–Kier alpha value is -2.44. The molecule has 1 rings (SSSR count). The number of ether oxygens (including phenoxy) is 3. The summed E-state index contributed by atoms with van der Waals surface area (Å²) in [5.41, 5.74) is 0.415. The molecule has 7 heteroatoms. The van der Waals surface area contributed by atoms with Gasteiger partial charge in [0.05, 0.1) is 20.8 Å². The summed E-state index contributed by atoms with van der Waals surface area (Å²) in [6.45, 7) is 2.79. The van der Waals surface area contributed by atoms with Gasteiger partial charge in [-0.1, -0.05) is 6.42 Å². The minimum Gasteiger partial charge on any atom is -0.493 e. The average molecular weight is 339 g/mol. The van der Waals surface area contributed by atoms with Gasteiger partial charge >= 0.3 is 5.97 Å². The van der Waals surface area contributed by atoms with Gasteiger partial charge in [0.25, 0.3) is 5.91 Å². The molecule has 0 atom stereocenters. The summed E-state index contributed by atoms with van der Waals surface area (Å²) < 4.78 is 16.0. The Morgan fingerprint density at radius 1 is 1.08 bits per heavy atom. The lowest BCUT2D eigenvalue weighted by atomic mass is 10.1. The topological polar surface area (TPSA) is 94.1 Å². The van der Waals surface area contributed by atoms with E-state index in [0.717, 1.165) is 12.8 Å². The van der Waals surface area contributed by atoms with Crippen molar-refractivity contribution in [3.63, 3.8) is 0 Å². The van der Waals surface area contributed by atoms with Gasteiger partial charge in [-0.15, -0.1) is 0 Å². The van der Waals surface area contributed by atoms with E-state index in [4.69, 9.17) is 19.3 Å². The highest BCUT2D eigenvalue weighted by Gasteiger charge is 2.17. The molecule has 0 unspecified atom stereocenters. The fourth-order valence-electron chi connectivity index (χ4n) is 2.18. The second kappa shape index (κ2) is 10.4. The number of hydrogen-bond acceptors (Lipinski definition) is 5. The molecule has 1 amide bonds. The van der Waals surface area contributed by atoms with Gasteiger partial charge in [-0.2, -0.15) is 0 Å². The van der Waals surface area contributed by atoms with Crippen molar-refractivity contribution in [2.24, 2.45) is 0 Å². The number of carboxylic acids is 1. The zero-order chi connectivity index (χ0) is 17.9. The first-order valence-corrected chi connectivity index (χ1v) is 7.92. The number of rotatable bonds is 11. The number of amides is 1. The molecular weight excluding hydrogens is 314 g/mol. The number of hydrogen-bond donors (Lipinski definition) is 2. The molecule has 0 radical (unpaired) electrons. The molecule has 2 N–H and O–H groups in total. The van der Waals surface area contributed by atoms with E-state index in [-0.39, 0.29) is 12.3 Å². The van der Waals surface area contributed by atoms with Gasteiger partial charge < -0.3 is 24.6 Å². The molecule has 1 aromatic carbocycles. The monoisotopic (exact) mass is 339 g/mol. The van der Waals surface area contributed by atoms with E-state index in [0.29, 0.717) is 42.4 Å². The van der Waals surface area contributed by atoms with E-state index in [1.807, 2.05) is 6.92 Å². The third kappa shape index (κ3) is 5.98. The number of benzene rings is 1. The van der Waals surface area contributed by atoms with Gasteiger partial charge in [0.15, 0.2) is 11.5 Å². The summed E-state index contributed by atoms with van der Waals surface area (Å²) in [4.78, 5) is 22.7. The van der Waals surface area contributed by atoms with Crippen LogP contribution in [0.5, 0.6) is 17.2 Å². The van der Waals surface area contributed by atoms with Gasteiger partial charge in [-0.3, -0.25) is 9.59 Å². The van der Waals surface area contributed by atoms with Crippen LogP contribution in [0.2, 0.25) is 0 Å². The zero-order valence-corrected chi connectivity index (χ0v) is 14.4. The summed E-state index contributed by atoms with van der Waals surface area (Å²) >= 11 is 0. The number of unbranched alkanes of at least 4 members (excludes halogenated alkanes) is 2. The Balaban J connectivity index is 2.65. The van der Waals surface area contributed by atoms with Gasteiger partial charge in [-0.25, -0.2) is 0 Å². The number of aliphatic carboxylic acids is 1. The number of nitrogens with one attached hydrogen (secondary N) is 1. The van der Waals surface area contributed by atoms with Gasteiger partial charge in [0.1, 0.15) is 0 Å². The first kappa shape index (κ1) is 19.6. The lowest BCUT2D eigenvalue weighted by Crippen LogP contribution is -2.24. The van der Waals surface area contributed by atoms with Crippen molar-refractivity contribution in [1.29, 1.82) is 0 Å². The molecule has 0 spiro atoms. The van der Waals surface area contributed by atoms with E-state index >= 15 is 0 Å². The van der Waals surface area contributed by atoms with E-state index in [1.165, 1.54) is 14.2 Å². The standard InChI is InChI=1S/C17H25NO6/c1-4-24-16-13(22-2)10-12(11-14(16)23-3)17(21)18-9-7-5-6-8-15(19)20/h10-11H,4-9H2,1-3H3,(H,18,21)(H,19,20). The number of carbonyl (C=O) groups excluding carboxylic acids is 1. The Morgan fingerprint density at radius 3 is 2.21 bits per heavy atom. The molecular formula is C17H25NO6. The fourth-order valence-corrected chi connectivity index (χ4v) is 2.18. The third-order valence-electron chi connectivity index (χ3n) is 3.36. The normalized spacial score (nSPS) is 10.1. The van der Waals surface area contributed by atoms with Crippen LogP contribution in [0.25, 0.3) is 0 Å². The largest absolute Gasteiger partial charge is 0.493 e. The minimum absolute atomic E-state index is 0.154. The van der Waals surface area contributed by atoms with E-state index in [2.05, 4.69) is 5.32 Å². The maximum Gasteiger partial charge on any atom is 0.303 e. The molecule has 0 saturated carbocycles. The molecule has 0 saturated heterocycles. The molecule has 0 aliphatic heterocycles. The van der Waals surface area contributed by atoms with Crippen LogP contribution in [0.1, 0.15) is 43.0 Å². The molecule has 134 valence electrons. The summed E-state index contributed by atoms with van der Waals surface area (Å²) in [5, 5.41) is 11.4. The van der Waals surface area contributed by atoms with Gasteiger partial charge in [-0.05, 0) is 31.9 Å². The predicted molar refractivity (Wildman–Crippen MR) is 89.2 cm³/mol. The van der Waals surface area contributed by atoms with E-state index < -0.39 is 5.97 Å². The highest BCUT2D eigenvalue weighted by atomic mass is 16.5. The smallest absolute Gasteiger partial charge is 0.303 e. The summed E-state index contributed by atoms with van der Waals surface area (Å²) in [6, 6.07) is 3.21. The van der Waals surface area contributed by atoms with Crippen molar-refractivity contribution in [1.82, 2.24) is 5.32 Å². The van der Waals surface area contributed by atoms with Gasteiger partial charge in [0, 0.05) is 18.5 Å². The van der Waals surface area contributed by atoms with Crippen molar-refractivity contribution in [2.45, 2.75) is 32.6 Å². The predicted octanol–water partition coefficient (Wildman–Crippen LogP) is 2.48. The quantitative estimate of drug-likeness (QED) is 0.602. The van der Waals surface area contributed by atoms with Crippen LogP contribution in [-0.2, 0) is 4.79 Å². The fraction of sp³-hybridized carbons (Fsp3) is 0.529. The first-order valence-electron chi connectivity index (χ1n) is 7.92. The van der Waals surface area contributed by atoms with Crippen molar-refractivity contribution in [3.05, 3.63) is 17.7 Å². The third-order valence-corrected chi connectivity index (χ3v) is 3.36. The Labute approximate surface area is 141 Å². The molecule has 0 heterocycles. The van der Waals surface area contributed by atoms with Crippen LogP contribution >= 0.6 is 0 Å². The molecule has 0 aliphatic carbocycles. The SMILES string of the molecule is CCOc1c(OC)cc(C(=O)NCCCCCC(=O)O)cc1OC. The molecule has 7 nitrogen and oxygen atoms in total. The Kier molecular flexibility index (Phi) is 8.46. The Morgan fingerprint density at radius 2 is 1.71 bits per heavy atom.